The Labute approximate surface area is 125 Å². The molecule has 0 heterocycles. The minimum atomic E-state index is -3.86. The van der Waals surface area contributed by atoms with Crippen molar-refractivity contribution < 1.29 is 12.8 Å². The van der Waals surface area contributed by atoms with Gasteiger partial charge >= 0.3 is 0 Å². The minimum absolute atomic E-state index is 0.00558. The summed E-state index contributed by atoms with van der Waals surface area (Å²) < 4.78 is 40.6. The normalized spacial score (nSPS) is 11.5. The molecule has 106 valence electrons. The minimum Gasteiger partial charge on any atom is -0.398 e. The van der Waals surface area contributed by atoms with Crippen LogP contribution in [0.4, 0.5) is 10.1 Å². The van der Waals surface area contributed by atoms with E-state index in [0.717, 1.165) is 22.2 Å². The Morgan fingerprint density at radius 2 is 1.90 bits per heavy atom. The summed E-state index contributed by atoms with van der Waals surface area (Å²) in [7, 11) is -3.86. The Morgan fingerprint density at radius 1 is 1.20 bits per heavy atom. The lowest BCUT2D eigenvalue weighted by atomic mass is 10.2. The molecule has 0 aliphatic rings. The number of halogens is 2. The van der Waals surface area contributed by atoms with E-state index < -0.39 is 15.8 Å². The maximum absolute atomic E-state index is 13.1. The summed E-state index contributed by atoms with van der Waals surface area (Å²) in [5.74, 6) is -0.652. The summed E-state index contributed by atoms with van der Waals surface area (Å²) in [6.45, 7) is 0.0830. The maximum atomic E-state index is 13.1. The van der Waals surface area contributed by atoms with Crippen LogP contribution in [-0.4, -0.2) is 8.42 Å². The van der Waals surface area contributed by atoms with E-state index in [9.17, 15) is 12.8 Å². The van der Waals surface area contributed by atoms with E-state index in [4.69, 9.17) is 5.73 Å². The molecule has 3 N–H and O–H groups in total. The first-order valence-electron chi connectivity index (χ1n) is 5.68. The second-order valence-electron chi connectivity index (χ2n) is 4.10. The number of hydrogen-bond donors (Lipinski definition) is 2. The van der Waals surface area contributed by atoms with Crippen molar-refractivity contribution in [3.05, 3.63) is 58.3 Å². The predicted molar refractivity (Wildman–Crippen MR) is 79.0 cm³/mol. The van der Waals surface area contributed by atoms with Crippen LogP contribution in [0.15, 0.2) is 51.8 Å². The lowest BCUT2D eigenvalue weighted by Gasteiger charge is -2.10. The smallest absolute Gasteiger partial charge is 0.243 e. The zero-order valence-corrected chi connectivity index (χ0v) is 12.7. The predicted octanol–water partition coefficient (Wildman–Crippen LogP) is 2.65. The summed E-state index contributed by atoms with van der Waals surface area (Å²) >= 11 is 3.33. The molecule has 0 aliphatic heterocycles. The number of sulfonamides is 1. The molecule has 2 aromatic rings. The van der Waals surface area contributed by atoms with Crippen LogP contribution in [-0.2, 0) is 16.6 Å². The average molecular weight is 359 g/mol. The number of nitrogen functional groups attached to an aromatic ring is 1. The molecule has 0 saturated carbocycles. The summed E-state index contributed by atoms with van der Waals surface area (Å²) in [5, 5.41) is 0. The molecule has 2 aromatic carbocycles. The highest BCUT2D eigenvalue weighted by atomic mass is 79.9. The third-order valence-corrected chi connectivity index (χ3v) is 4.91. The molecule has 20 heavy (non-hydrogen) atoms. The molecule has 0 saturated heterocycles. The van der Waals surface area contributed by atoms with Crippen LogP contribution in [0, 0.1) is 5.82 Å². The molecule has 0 unspecified atom stereocenters. The first-order chi connectivity index (χ1) is 9.40. The van der Waals surface area contributed by atoms with Crippen molar-refractivity contribution in [3.63, 3.8) is 0 Å². The zero-order valence-electron chi connectivity index (χ0n) is 10.3. The first kappa shape index (κ1) is 15.0. The molecule has 0 fully saturated rings. The number of rotatable bonds is 4. The lowest BCUT2D eigenvalue weighted by Crippen LogP contribution is -2.24. The number of hydrogen-bond acceptors (Lipinski definition) is 3. The molecule has 7 heteroatoms. The number of nitrogens with one attached hydrogen (secondary N) is 1. The van der Waals surface area contributed by atoms with Crippen molar-refractivity contribution in [2.24, 2.45) is 0 Å². The van der Waals surface area contributed by atoms with Gasteiger partial charge in [0.05, 0.1) is 5.69 Å². The molecule has 0 bridgehead atoms. The van der Waals surface area contributed by atoms with Crippen LogP contribution >= 0.6 is 15.9 Å². The van der Waals surface area contributed by atoms with Gasteiger partial charge in [-0.1, -0.05) is 34.1 Å². The molecular formula is C13H12BrFN2O2S. The molecule has 0 aliphatic carbocycles. The second kappa shape index (κ2) is 5.90. The van der Waals surface area contributed by atoms with Gasteiger partial charge < -0.3 is 5.73 Å². The molecule has 0 amide bonds. The van der Waals surface area contributed by atoms with Crippen molar-refractivity contribution in [1.29, 1.82) is 0 Å². The van der Waals surface area contributed by atoms with Crippen LogP contribution in [0.3, 0.4) is 0 Å². The Hall–Kier alpha value is -1.44. The number of nitrogens with two attached hydrogens (primary N) is 1. The van der Waals surface area contributed by atoms with Crippen molar-refractivity contribution in [2.75, 3.05) is 5.73 Å². The van der Waals surface area contributed by atoms with Crippen LogP contribution in [0.2, 0.25) is 0 Å². The molecule has 0 radical (unpaired) electrons. The highest BCUT2D eigenvalue weighted by Crippen LogP contribution is 2.20. The van der Waals surface area contributed by atoms with Crippen LogP contribution in [0.25, 0.3) is 0 Å². The summed E-state index contributed by atoms with van der Waals surface area (Å²) in [5.41, 5.74) is 6.35. The Morgan fingerprint density at radius 3 is 2.60 bits per heavy atom. The number of anilines is 1. The van der Waals surface area contributed by atoms with Crippen LogP contribution in [0.1, 0.15) is 5.56 Å². The van der Waals surface area contributed by atoms with Crippen molar-refractivity contribution >= 4 is 31.6 Å². The quantitative estimate of drug-likeness (QED) is 0.825. The van der Waals surface area contributed by atoms with E-state index in [-0.39, 0.29) is 17.1 Å². The fourth-order valence-electron chi connectivity index (χ4n) is 1.63. The van der Waals surface area contributed by atoms with Gasteiger partial charge in [-0.05, 0) is 29.8 Å². The van der Waals surface area contributed by atoms with Crippen LogP contribution in [0.5, 0.6) is 0 Å². The molecule has 0 spiro atoms. The zero-order chi connectivity index (χ0) is 14.8. The van der Waals surface area contributed by atoms with Crippen molar-refractivity contribution in [1.82, 2.24) is 4.72 Å². The van der Waals surface area contributed by atoms with Gasteiger partial charge in [-0.3, -0.25) is 0 Å². The average Bonchev–Trinajstić information content (AvgIpc) is 2.40. The highest BCUT2D eigenvalue weighted by molar-refractivity contribution is 9.10. The molecule has 0 aromatic heterocycles. The van der Waals surface area contributed by atoms with Gasteiger partial charge in [0, 0.05) is 11.0 Å². The van der Waals surface area contributed by atoms with E-state index >= 15 is 0 Å². The lowest BCUT2D eigenvalue weighted by molar-refractivity contribution is 0.578. The van der Waals surface area contributed by atoms with E-state index in [1.807, 2.05) is 6.07 Å². The van der Waals surface area contributed by atoms with Gasteiger partial charge in [-0.2, -0.15) is 0 Å². The second-order valence-corrected chi connectivity index (χ2v) is 6.69. The van der Waals surface area contributed by atoms with Gasteiger partial charge in [-0.15, -0.1) is 0 Å². The molecule has 2 rings (SSSR count). The fourth-order valence-corrected chi connectivity index (χ4v) is 3.21. The van der Waals surface area contributed by atoms with Gasteiger partial charge in [0.15, 0.2) is 0 Å². The van der Waals surface area contributed by atoms with Crippen LogP contribution < -0.4 is 10.5 Å². The Balaban J connectivity index is 2.24. The third-order valence-electron chi connectivity index (χ3n) is 2.68. The van der Waals surface area contributed by atoms with Gasteiger partial charge in [-0.25, -0.2) is 17.5 Å². The van der Waals surface area contributed by atoms with Gasteiger partial charge in [0.2, 0.25) is 10.0 Å². The van der Waals surface area contributed by atoms with Gasteiger partial charge in [0.1, 0.15) is 10.7 Å². The largest absolute Gasteiger partial charge is 0.398 e. The molecule has 4 nitrogen and oxygen atoms in total. The Bertz CT molecular complexity index is 735. The van der Waals surface area contributed by atoms with E-state index in [0.29, 0.717) is 0 Å². The Kier molecular flexibility index (Phi) is 4.42. The van der Waals surface area contributed by atoms with E-state index in [1.165, 1.54) is 6.07 Å². The van der Waals surface area contributed by atoms with E-state index in [1.54, 1.807) is 18.2 Å². The summed E-state index contributed by atoms with van der Waals surface area (Å²) in [6, 6.07) is 10.4. The first-order valence-corrected chi connectivity index (χ1v) is 7.96. The standard InChI is InChI=1S/C13H12BrFN2O2S/c14-11-4-2-1-3-9(11)8-17-20(18,19)13-7-10(15)5-6-12(13)16/h1-7,17H,8,16H2. The topological polar surface area (TPSA) is 72.2 Å². The molecular weight excluding hydrogens is 347 g/mol. The SMILES string of the molecule is Nc1ccc(F)cc1S(=O)(=O)NCc1ccccc1Br. The number of benzene rings is 2. The third kappa shape index (κ3) is 3.36. The maximum Gasteiger partial charge on any atom is 0.243 e. The van der Waals surface area contributed by atoms with E-state index in [2.05, 4.69) is 20.7 Å². The summed E-state index contributed by atoms with van der Waals surface area (Å²) in [4.78, 5) is -0.260. The summed E-state index contributed by atoms with van der Waals surface area (Å²) in [6.07, 6.45) is 0. The monoisotopic (exact) mass is 358 g/mol. The molecule has 0 atom stereocenters. The highest BCUT2D eigenvalue weighted by Gasteiger charge is 2.18. The fraction of sp³-hybridized carbons (Fsp3) is 0.0769. The van der Waals surface area contributed by atoms with Crippen molar-refractivity contribution in [3.8, 4) is 0 Å². The van der Waals surface area contributed by atoms with Gasteiger partial charge in [0.25, 0.3) is 0 Å². The van der Waals surface area contributed by atoms with Crippen molar-refractivity contribution in [2.45, 2.75) is 11.4 Å².